The van der Waals surface area contributed by atoms with Crippen molar-refractivity contribution in [2.24, 2.45) is 5.92 Å². The number of aromatic nitrogens is 3. The molecule has 2 saturated heterocycles. The Bertz CT molecular complexity index is 935. The fourth-order valence-corrected chi connectivity index (χ4v) is 3.59. The first-order chi connectivity index (χ1) is 14.5. The molecule has 0 aromatic carbocycles. The van der Waals surface area contributed by atoms with Gasteiger partial charge in [0.1, 0.15) is 5.69 Å². The normalized spacial score (nSPS) is 22.6. The summed E-state index contributed by atoms with van der Waals surface area (Å²) in [5.41, 5.74) is 1.55. The maximum absolute atomic E-state index is 12.6. The average molecular weight is 442 g/mol. The maximum Gasteiger partial charge on any atom is 0.490 e. The molecule has 4 heterocycles. The topological polar surface area (TPSA) is 119 Å². The van der Waals surface area contributed by atoms with E-state index < -0.39 is 12.1 Å². The second-order valence-electron chi connectivity index (χ2n) is 7.46. The Morgan fingerprint density at radius 2 is 2.00 bits per heavy atom. The highest BCUT2D eigenvalue weighted by Crippen LogP contribution is 2.34. The van der Waals surface area contributed by atoms with E-state index in [1.807, 2.05) is 24.0 Å². The number of carboxylic acids is 1. The van der Waals surface area contributed by atoms with Crippen LogP contribution in [0.15, 0.2) is 22.9 Å². The van der Waals surface area contributed by atoms with Gasteiger partial charge in [0, 0.05) is 25.2 Å². The van der Waals surface area contributed by atoms with Gasteiger partial charge in [0.05, 0.1) is 18.6 Å². The van der Waals surface area contributed by atoms with Crippen LogP contribution in [-0.4, -0.2) is 68.5 Å². The molecule has 0 aliphatic carbocycles. The van der Waals surface area contributed by atoms with Gasteiger partial charge in [0.2, 0.25) is 5.89 Å². The number of ether oxygens (including phenoxy) is 1. The van der Waals surface area contributed by atoms with Gasteiger partial charge in [-0.05, 0) is 38.0 Å². The van der Waals surface area contributed by atoms with E-state index in [0.717, 1.165) is 18.5 Å². The predicted molar refractivity (Wildman–Crippen MR) is 98.1 cm³/mol. The number of amides is 1. The van der Waals surface area contributed by atoms with Crippen LogP contribution in [0.2, 0.25) is 0 Å². The second kappa shape index (κ2) is 9.00. The molecule has 1 amide bonds. The van der Waals surface area contributed by atoms with Crippen molar-refractivity contribution < 1.29 is 37.1 Å². The van der Waals surface area contributed by atoms with E-state index in [0.29, 0.717) is 36.3 Å². The molecule has 1 N–H and O–H groups in total. The molecule has 2 fully saturated rings. The molecule has 0 radical (unpaired) electrons. The first-order valence-corrected chi connectivity index (χ1v) is 9.49. The number of carbonyl (C=O) groups excluding carboxylic acids is 1. The van der Waals surface area contributed by atoms with Crippen LogP contribution in [0.25, 0.3) is 0 Å². The van der Waals surface area contributed by atoms with E-state index in [2.05, 4.69) is 15.1 Å². The fourth-order valence-electron chi connectivity index (χ4n) is 3.59. The number of alkyl halides is 3. The van der Waals surface area contributed by atoms with E-state index in [9.17, 15) is 18.0 Å². The smallest absolute Gasteiger partial charge is 0.475 e. The number of hydrogen-bond acceptors (Lipinski definition) is 7. The van der Waals surface area contributed by atoms with Crippen molar-refractivity contribution in [1.82, 2.24) is 20.0 Å². The Morgan fingerprint density at radius 3 is 2.55 bits per heavy atom. The van der Waals surface area contributed by atoms with Crippen molar-refractivity contribution in [1.29, 1.82) is 0 Å². The quantitative estimate of drug-likeness (QED) is 0.769. The van der Waals surface area contributed by atoms with Crippen LogP contribution in [0.5, 0.6) is 0 Å². The Labute approximate surface area is 175 Å². The molecular weight excluding hydrogens is 421 g/mol. The lowest BCUT2D eigenvalue weighted by Gasteiger charge is -2.18. The number of aryl methyl sites for hydroxylation is 2. The van der Waals surface area contributed by atoms with Crippen LogP contribution in [0.3, 0.4) is 0 Å². The molecule has 3 atom stereocenters. The van der Waals surface area contributed by atoms with Crippen LogP contribution in [0.1, 0.15) is 34.2 Å². The summed E-state index contributed by atoms with van der Waals surface area (Å²) in [5, 5.41) is 10.9. The number of hydrogen-bond donors (Lipinski definition) is 1. The number of carbonyl (C=O) groups is 2. The molecule has 0 spiro atoms. The van der Waals surface area contributed by atoms with Gasteiger partial charge in [-0.1, -0.05) is 5.16 Å². The number of fused-ring (bicyclic) bond motifs is 1. The lowest BCUT2D eigenvalue weighted by Crippen LogP contribution is -2.32. The first-order valence-electron chi connectivity index (χ1n) is 9.49. The number of nitrogens with zero attached hydrogens (tertiary/aromatic N) is 4. The summed E-state index contributed by atoms with van der Waals surface area (Å²) in [4.78, 5) is 31.7. The van der Waals surface area contributed by atoms with Crippen LogP contribution in [0, 0.1) is 19.8 Å². The SMILES string of the molecule is Cc1ccnc(C(=O)N2C[C@@H]3C[C@@H](Cc4nc(C)no4)O[C@@H]3C2)c1.O=C(O)C(F)(F)F. The first kappa shape index (κ1) is 22.7. The van der Waals surface area contributed by atoms with Crippen molar-refractivity contribution in [3.8, 4) is 0 Å². The molecule has 2 aliphatic heterocycles. The molecule has 12 heteroatoms. The van der Waals surface area contributed by atoms with Gasteiger partial charge < -0.3 is 19.3 Å². The van der Waals surface area contributed by atoms with Gasteiger partial charge in [-0.15, -0.1) is 0 Å². The third kappa shape index (κ3) is 5.78. The second-order valence-corrected chi connectivity index (χ2v) is 7.46. The Morgan fingerprint density at radius 1 is 1.29 bits per heavy atom. The standard InChI is InChI=1S/C17H20N4O3.C2HF3O2/c1-10-3-4-18-14(5-10)17(22)21-8-12-6-13(23-15(12)9-21)7-16-19-11(2)20-24-16;3-2(4,5)1(6)7/h3-5,12-13,15H,6-9H2,1-2H3;(H,6,7)/t12-,13-,15+;/m0./s1. The summed E-state index contributed by atoms with van der Waals surface area (Å²) in [7, 11) is 0. The minimum Gasteiger partial charge on any atom is -0.475 e. The molecule has 0 saturated carbocycles. The summed E-state index contributed by atoms with van der Waals surface area (Å²) in [6.45, 7) is 5.11. The van der Waals surface area contributed by atoms with Crippen molar-refractivity contribution in [3.05, 3.63) is 41.3 Å². The molecule has 2 aromatic heterocycles. The molecule has 4 rings (SSSR count). The monoisotopic (exact) mass is 442 g/mol. The number of carboxylic acid groups (broad SMARTS) is 1. The highest BCUT2D eigenvalue weighted by molar-refractivity contribution is 5.92. The van der Waals surface area contributed by atoms with Crippen LogP contribution in [0.4, 0.5) is 13.2 Å². The number of aliphatic carboxylic acids is 1. The minimum atomic E-state index is -5.08. The van der Waals surface area contributed by atoms with Crippen LogP contribution in [-0.2, 0) is 16.0 Å². The summed E-state index contributed by atoms with van der Waals surface area (Å²) < 4.78 is 43.0. The summed E-state index contributed by atoms with van der Waals surface area (Å²) >= 11 is 0. The van der Waals surface area contributed by atoms with Crippen LogP contribution >= 0.6 is 0 Å². The lowest BCUT2D eigenvalue weighted by atomic mass is 10.0. The molecule has 2 aromatic rings. The van der Waals surface area contributed by atoms with Crippen LogP contribution < -0.4 is 0 Å². The zero-order valence-electron chi connectivity index (χ0n) is 16.8. The third-order valence-corrected chi connectivity index (χ3v) is 4.95. The summed E-state index contributed by atoms with van der Waals surface area (Å²) in [6.07, 6.45) is -1.67. The van der Waals surface area contributed by atoms with Gasteiger partial charge >= 0.3 is 12.1 Å². The van der Waals surface area contributed by atoms with Gasteiger partial charge in [-0.3, -0.25) is 9.78 Å². The summed E-state index contributed by atoms with van der Waals surface area (Å²) in [6, 6.07) is 3.72. The van der Waals surface area contributed by atoms with Gasteiger partial charge in [-0.2, -0.15) is 18.2 Å². The van der Waals surface area contributed by atoms with Gasteiger partial charge in [0.15, 0.2) is 5.82 Å². The van der Waals surface area contributed by atoms with E-state index in [1.165, 1.54) is 0 Å². The molecule has 0 unspecified atom stereocenters. The molecule has 2 aliphatic rings. The average Bonchev–Trinajstić information content (AvgIpc) is 3.36. The van der Waals surface area contributed by atoms with Gasteiger partial charge in [-0.25, -0.2) is 4.79 Å². The van der Waals surface area contributed by atoms with Crippen molar-refractivity contribution in [2.45, 2.75) is 45.1 Å². The fraction of sp³-hybridized carbons (Fsp3) is 0.526. The van der Waals surface area contributed by atoms with E-state index in [1.54, 1.807) is 13.1 Å². The zero-order valence-corrected chi connectivity index (χ0v) is 16.8. The Hall–Kier alpha value is -3.02. The third-order valence-electron chi connectivity index (χ3n) is 4.95. The largest absolute Gasteiger partial charge is 0.490 e. The number of halogens is 3. The predicted octanol–water partition coefficient (Wildman–Crippen LogP) is 2.19. The Balaban J connectivity index is 0.000000339. The molecule has 31 heavy (non-hydrogen) atoms. The number of likely N-dealkylation sites (tertiary alicyclic amines) is 1. The van der Waals surface area contributed by atoms with E-state index in [-0.39, 0.29) is 18.1 Å². The number of pyridine rings is 1. The molecule has 0 bridgehead atoms. The molecular formula is C19H21F3N4O5. The molecule has 9 nitrogen and oxygen atoms in total. The Kier molecular flexibility index (Phi) is 6.58. The van der Waals surface area contributed by atoms with Gasteiger partial charge in [0.25, 0.3) is 5.91 Å². The van der Waals surface area contributed by atoms with E-state index >= 15 is 0 Å². The highest BCUT2D eigenvalue weighted by Gasteiger charge is 2.44. The number of rotatable bonds is 3. The zero-order chi connectivity index (χ0) is 22.8. The summed E-state index contributed by atoms with van der Waals surface area (Å²) in [5.74, 6) is -1.14. The maximum atomic E-state index is 12.6. The highest BCUT2D eigenvalue weighted by atomic mass is 19.4. The van der Waals surface area contributed by atoms with E-state index in [4.69, 9.17) is 19.2 Å². The van der Waals surface area contributed by atoms with Crippen molar-refractivity contribution >= 4 is 11.9 Å². The lowest BCUT2D eigenvalue weighted by molar-refractivity contribution is -0.192. The van der Waals surface area contributed by atoms with Crippen molar-refractivity contribution in [2.75, 3.05) is 13.1 Å². The van der Waals surface area contributed by atoms with Crippen molar-refractivity contribution in [3.63, 3.8) is 0 Å². The molecule has 168 valence electrons. The minimum absolute atomic E-state index is 0.0132.